The van der Waals surface area contributed by atoms with Crippen molar-refractivity contribution in [2.45, 2.75) is 6.61 Å². The average Bonchev–Trinajstić information content (AvgIpc) is 2.96. The Bertz CT molecular complexity index is 811. The molecule has 118 valence electrons. The number of hydrogen-bond acceptors (Lipinski definition) is 5. The van der Waals surface area contributed by atoms with Gasteiger partial charge < -0.3 is 14.9 Å². The highest BCUT2D eigenvalue weighted by atomic mass is 35.5. The summed E-state index contributed by atoms with van der Waals surface area (Å²) in [4.78, 5) is 0. The van der Waals surface area contributed by atoms with Gasteiger partial charge in [-0.15, -0.1) is 10.2 Å². The minimum Gasteiger partial charge on any atom is -0.481 e. The first-order valence-electron chi connectivity index (χ1n) is 6.48. The number of nitrogens with two attached hydrogens (primary N) is 1. The Balaban J connectivity index is 1.74. The van der Waals surface area contributed by atoms with Crippen LogP contribution in [0.25, 0.3) is 11.5 Å². The quantitative estimate of drug-likeness (QED) is 0.664. The Morgan fingerprint density at radius 2 is 1.65 bits per heavy atom. The second kappa shape index (κ2) is 6.66. The molecule has 0 atom stereocenters. The van der Waals surface area contributed by atoms with E-state index in [0.29, 0.717) is 38.3 Å². The van der Waals surface area contributed by atoms with Gasteiger partial charge in [0.15, 0.2) is 12.4 Å². The molecule has 2 N–H and O–H groups in total. The number of ether oxygens (including phenoxy) is 1. The summed E-state index contributed by atoms with van der Waals surface area (Å²) in [6, 6.07) is 10.2. The van der Waals surface area contributed by atoms with E-state index in [9.17, 15) is 0 Å². The molecule has 3 aromatic rings. The zero-order valence-corrected chi connectivity index (χ0v) is 13.9. The minimum absolute atomic E-state index is 0.0308. The zero-order chi connectivity index (χ0) is 16.4. The van der Waals surface area contributed by atoms with E-state index in [1.807, 2.05) is 0 Å². The van der Waals surface area contributed by atoms with Gasteiger partial charge in [0.05, 0.1) is 10.0 Å². The van der Waals surface area contributed by atoms with Crippen molar-refractivity contribution in [1.82, 2.24) is 10.2 Å². The van der Waals surface area contributed by atoms with Gasteiger partial charge in [-0.25, -0.2) is 0 Å². The van der Waals surface area contributed by atoms with Crippen molar-refractivity contribution in [3.8, 4) is 17.2 Å². The molecule has 3 rings (SSSR count). The molecule has 0 aliphatic carbocycles. The lowest BCUT2D eigenvalue weighted by Gasteiger charge is -2.08. The summed E-state index contributed by atoms with van der Waals surface area (Å²) in [5, 5.41) is 8.92. The first-order chi connectivity index (χ1) is 11.0. The van der Waals surface area contributed by atoms with E-state index in [1.165, 1.54) is 12.1 Å². The van der Waals surface area contributed by atoms with Crippen LogP contribution in [0, 0.1) is 0 Å². The SMILES string of the molecule is Nc1ccc(-c2nnc(COc3c(Cl)cc(Cl)cc3Cl)o2)cc1. The van der Waals surface area contributed by atoms with Crippen LogP contribution in [0.3, 0.4) is 0 Å². The van der Waals surface area contributed by atoms with Gasteiger partial charge in [0.1, 0.15) is 0 Å². The molecule has 2 aromatic carbocycles. The number of rotatable bonds is 4. The van der Waals surface area contributed by atoms with Gasteiger partial charge in [-0.3, -0.25) is 0 Å². The number of aromatic nitrogens is 2. The van der Waals surface area contributed by atoms with E-state index < -0.39 is 0 Å². The summed E-state index contributed by atoms with van der Waals surface area (Å²) < 4.78 is 11.1. The van der Waals surface area contributed by atoms with E-state index >= 15 is 0 Å². The van der Waals surface area contributed by atoms with Gasteiger partial charge >= 0.3 is 0 Å². The standard InChI is InChI=1S/C15H10Cl3N3O2/c16-9-5-11(17)14(12(18)6-9)22-7-13-20-21-15(23-13)8-1-3-10(19)4-2-8/h1-6H,7,19H2. The molecule has 0 bridgehead atoms. The lowest BCUT2D eigenvalue weighted by molar-refractivity contribution is 0.265. The molecule has 5 nitrogen and oxygen atoms in total. The van der Waals surface area contributed by atoms with E-state index in [-0.39, 0.29) is 6.61 Å². The molecule has 0 saturated heterocycles. The van der Waals surface area contributed by atoms with Crippen LogP contribution < -0.4 is 10.5 Å². The summed E-state index contributed by atoms with van der Waals surface area (Å²) >= 11 is 17.9. The maximum absolute atomic E-state index is 6.04. The molecule has 0 saturated carbocycles. The monoisotopic (exact) mass is 369 g/mol. The van der Waals surface area contributed by atoms with Crippen LogP contribution in [0.15, 0.2) is 40.8 Å². The second-order valence-electron chi connectivity index (χ2n) is 4.61. The van der Waals surface area contributed by atoms with Gasteiger partial charge in [0.2, 0.25) is 5.89 Å². The second-order valence-corrected chi connectivity index (χ2v) is 5.86. The van der Waals surface area contributed by atoms with Crippen molar-refractivity contribution in [2.24, 2.45) is 0 Å². The third-order valence-corrected chi connectivity index (χ3v) is 3.71. The molecule has 0 spiro atoms. The minimum atomic E-state index is 0.0308. The maximum atomic E-state index is 6.04. The number of benzene rings is 2. The van der Waals surface area contributed by atoms with Gasteiger partial charge in [0, 0.05) is 16.3 Å². The van der Waals surface area contributed by atoms with Crippen molar-refractivity contribution in [3.63, 3.8) is 0 Å². The number of halogens is 3. The van der Waals surface area contributed by atoms with Crippen LogP contribution in [0.4, 0.5) is 5.69 Å². The van der Waals surface area contributed by atoms with Crippen LogP contribution in [-0.2, 0) is 6.61 Å². The van der Waals surface area contributed by atoms with E-state index in [4.69, 9.17) is 49.7 Å². The molecule has 0 radical (unpaired) electrons. The first-order valence-corrected chi connectivity index (χ1v) is 7.62. The van der Waals surface area contributed by atoms with Crippen LogP contribution in [0.5, 0.6) is 5.75 Å². The third kappa shape index (κ3) is 3.69. The lowest BCUT2D eigenvalue weighted by Crippen LogP contribution is -1.97. The van der Waals surface area contributed by atoms with Gasteiger partial charge in [-0.2, -0.15) is 0 Å². The fraction of sp³-hybridized carbons (Fsp3) is 0.0667. The maximum Gasteiger partial charge on any atom is 0.254 e. The molecule has 0 fully saturated rings. The fourth-order valence-corrected chi connectivity index (χ4v) is 2.78. The predicted molar refractivity (Wildman–Crippen MR) is 90.0 cm³/mol. The van der Waals surface area contributed by atoms with Crippen molar-refractivity contribution < 1.29 is 9.15 Å². The molecule has 23 heavy (non-hydrogen) atoms. The average molecular weight is 371 g/mol. The molecule has 0 aliphatic heterocycles. The fourth-order valence-electron chi connectivity index (χ4n) is 1.86. The highest BCUT2D eigenvalue weighted by Gasteiger charge is 2.13. The summed E-state index contributed by atoms with van der Waals surface area (Å²) in [6.45, 7) is 0.0308. The van der Waals surface area contributed by atoms with E-state index in [2.05, 4.69) is 10.2 Å². The summed E-state index contributed by atoms with van der Waals surface area (Å²) in [5.41, 5.74) is 7.06. The Labute approximate surface area is 146 Å². The van der Waals surface area contributed by atoms with Crippen LogP contribution in [-0.4, -0.2) is 10.2 Å². The van der Waals surface area contributed by atoms with Crippen molar-refractivity contribution in [3.05, 3.63) is 57.4 Å². The van der Waals surface area contributed by atoms with Crippen molar-refractivity contribution in [1.29, 1.82) is 0 Å². The largest absolute Gasteiger partial charge is 0.481 e. The first kappa shape index (κ1) is 15.9. The van der Waals surface area contributed by atoms with E-state index in [0.717, 1.165) is 5.56 Å². The van der Waals surface area contributed by atoms with Crippen LogP contribution in [0.2, 0.25) is 15.1 Å². The van der Waals surface area contributed by atoms with Crippen LogP contribution >= 0.6 is 34.8 Å². The molecule has 0 aliphatic rings. The van der Waals surface area contributed by atoms with Gasteiger partial charge in [-0.05, 0) is 36.4 Å². The normalized spacial score (nSPS) is 10.7. The number of anilines is 1. The Morgan fingerprint density at radius 3 is 2.30 bits per heavy atom. The molecule has 1 heterocycles. The molecular formula is C15H10Cl3N3O2. The topological polar surface area (TPSA) is 74.2 Å². The number of hydrogen-bond donors (Lipinski definition) is 1. The van der Waals surface area contributed by atoms with Crippen LogP contribution in [0.1, 0.15) is 5.89 Å². The van der Waals surface area contributed by atoms with Gasteiger partial charge in [0.25, 0.3) is 5.89 Å². The molecular weight excluding hydrogens is 361 g/mol. The number of nitrogen functional groups attached to an aromatic ring is 1. The Morgan fingerprint density at radius 1 is 1.00 bits per heavy atom. The summed E-state index contributed by atoms with van der Waals surface area (Å²) in [6.07, 6.45) is 0. The van der Waals surface area contributed by atoms with Crippen molar-refractivity contribution in [2.75, 3.05) is 5.73 Å². The number of nitrogens with zero attached hydrogens (tertiary/aromatic N) is 2. The highest BCUT2D eigenvalue weighted by Crippen LogP contribution is 2.36. The van der Waals surface area contributed by atoms with Crippen molar-refractivity contribution >= 4 is 40.5 Å². The highest BCUT2D eigenvalue weighted by molar-refractivity contribution is 6.40. The smallest absolute Gasteiger partial charge is 0.254 e. The molecule has 8 heteroatoms. The Hall–Kier alpha value is -1.95. The van der Waals surface area contributed by atoms with E-state index in [1.54, 1.807) is 24.3 Å². The third-order valence-electron chi connectivity index (χ3n) is 2.93. The predicted octanol–water partition coefficient (Wildman–Crippen LogP) is 4.86. The lowest BCUT2D eigenvalue weighted by atomic mass is 10.2. The summed E-state index contributed by atoms with van der Waals surface area (Å²) in [5.74, 6) is 0.973. The zero-order valence-electron chi connectivity index (χ0n) is 11.6. The molecule has 0 amide bonds. The Kier molecular flexibility index (Phi) is 4.61. The molecule has 0 unspecified atom stereocenters. The summed E-state index contributed by atoms with van der Waals surface area (Å²) in [7, 11) is 0. The van der Waals surface area contributed by atoms with Gasteiger partial charge in [-0.1, -0.05) is 34.8 Å². The molecule has 1 aromatic heterocycles.